The molecule has 0 spiro atoms. The molecule has 0 bridgehead atoms. The smallest absolute Gasteiger partial charge is 0.416 e. The van der Waals surface area contributed by atoms with Gasteiger partial charge in [-0.05, 0) is 23.8 Å². The number of pyridine rings is 1. The SMILES string of the molecule is COc1cncc(O)c1C(=O)/C=C/c1ccc(C(F)(F)F)cc1. The number of carbonyl (C=O) groups is 1. The lowest BCUT2D eigenvalue weighted by atomic mass is 10.1. The third-order valence-corrected chi connectivity index (χ3v) is 3.02. The van der Waals surface area contributed by atoms with E-state index < -0.39 is 17.5 Å². The van der Waals surface area contributed by atoms with Crippen molar-refractivity contribution in [2.75, 3.05) is 7.11 Å². The van der Waals surface area contributed by atoms with Crippen LogP contribution in [0.5, 0.6) is 11.5 Å². The van der Waals surface area contributed by atoms with Crippen molar-refractivity contribution in [3.63, 3.8) is 0 Å². The molecule has 7 heteroatoms. The number of methoxy groups -OCH3 is 1. The Morgan fingerprint density at radius 1 is 1.22 bits per heavy atom. The van der Waals surface area contributed by atoms with Crippen LogP contribution in [0.4, 0.5) is 13.2 Å². The normalized spacial score (nSPS) is 11.7. The molecule has 0 amide bonds. The molecule has 2 aromatic rings. The fourth-order valence-corrected chi connectivity index (χ4v) is 1.87. The minimum absolute atomic E-state index is 0.0642. The van der Waals surface area contributed by atoms with Gasteiger partial charge in [0.15, 0.2) is 11.5 Å². The van der Waals surface area contributed by atoms with Gasteiger partial charge in [0.1, 0.15) is 11.3 Å². The van der Waals surface area contributed by atoms with Crippen LogP contribution in [-0.2, 0) is 6.18 Å². The van der Waals surface area contributed by atoms with Crippen LogP contribution in [-0.4, -0.2) is 23.0 Å². The first-order chi connectivity index (χ1) is 10.8. The van der Waals surface area contributed by atoms with Crippen LogP contribution in [0, 0.1) is 0 Å². The van der Waals surface area contributed by atoms with Gasteiger partial charge in [-0.2, -0.15) is 13.2 Å². The summed E-state index contributed by atoms with van der Waals surface area (Å²) in [5.41, 5.74) is -0.418. The van der Waals surface area contributed by atoms with Gasteiger partial charge in [0, 0.05) is 0 Å². The fraction of sp³-hybridized carbons (Fsp3) is 0.125. The monoisotopic (exact) mass is 323 g/mol. The highest BCUT2D eigenvalue weighted by Crippen LogP contribution is 2.29. The first kappa shape index (κ1) is 16.5. The van der Waals surface area contributed by atoms with Crippen molar-refractivity contribution in [2.45, 2.75) is 6.18 Å². The largest absolute Gasteiger partial charge is 0.505 e. The Morgan fingerprint density at radius 3 is 2.43 bits per heavy atom. The zero-order valence-electron chi connectivity index (χ0n) is 12.0. The number of alkyl halides is 3. The molecule has 0 saturated carbocycles. The van der Waals surface area contributed by atoms with Crippen molar-refractivity contribution in [1.82, 2.24) is 4.98 Å². The van der Waals surface area contributed by atoms with Gasteiger partial charge in [-0.1, -0.05) is 18.2 Å². The second kappa shape index (κ2) is 6.51. The summed E-state index contributed by atoms with van der Waals surface area (Å²) in [6, 6.07) is 4.34. The highest BCUT2D eigenvalue weighted by atomic mass is 19.4. The molecule has 1 N–H and O–H groups in total. The summed E-state index contributed by atoms with van der Waals surface area (Å²) in [6.07, 6.45) is 0.455. The lowest BCUT2D eigenvalue weighted by molar-refractivity contribution is -0.137. The van der Waals surface area contributed by atoms with Crippen LogP contribution in [0.3, 0.4) is 0 Å². The highest BCUT2D eigenvalue weighted by molar-refractivity contribution is 6.10. The number of nitrogens with zero attached hydrogens (tertiary/aromatic N) is 1. The van der Waals surface area contributed by atoms with Crippen molar-refractivity contribution < 1.29 is 27.8 Å². The summed E-state index contributed by atoms with van der Waals surface area (Å²) in [7, 11) is 1.33. The molecule has 2 rings (SSSR count). The van der Waals surface area contributed by atoms with Crippen molar-refractivity contribution in [2.24, 2.45) is 0 Å². The minimum atomic E-state index is -4.41. The number of aromatic hydroxyl groups is 1. The number of carbonyl (C=O) groups excluding carboxylic acids is 1. The predicted molar refractivity (Wildman–Crippen MR) is 77.3 cm³/mol. The van der Waals surface area contributed by atoms with Gasteiger partial charge in [0.05, 0.1) is 25.1 Å². The maximum absolute atomic E-state index is 12.5. The number of benzene rings is 1. The summed E-state index contributed by atoms with van der Waals surface area (Å²) >= 11 is 0. The van der Waals surface area contributed by atoms with Gasteiger partial charge in [0.25, 0.3) is 0 Å². The van der Waals surface area contributed by atoms with Crippen molar-refractivity contribution in [3.8, 4) is 11.5 Å². The lowest BCUT2D eigenvalue weighted by Gasteiger charge is -2.07. The molecule has 120 valence electrons. The molecule has 0 fully saturated rings. The standard InChI is InChI=1S/C16H12F3NO3/c1-23-14-9-20-8-13(22)15(14)12(21)7-4-10-2-5-11(6-3-10)16(17,18)19/h2-9,22H,1H3/b7-4+. The van der Waals surface area contributed by atoms with E-state index in [1.165, 1.54) is 31.5 Å². The van der Waals surface area contributed by atoms with Crippen molar-refractivity contribution in [3.05, 3.63) is 59.4 Å². The van der Waals surface area contributed by atoms with E-state index in [4.69, 9.17) is 4.74 Å². The Morgan fingerprint density at radius 2 is 1.87 bits per heavy atom. The van der Waals surface area contributed by atoms with Crippen LogP contribution < -0.4 is 4.74 Å². The number of ketones is 1. The first-order valence-corrected chi connectivity index (χ1v) is 6.43. The number of aromatic nitrogens is 1. The summed E-state index contributed by atoms with van der Waals surface area (Å²) in [6.45, 7) is 0. The molecule has 0 unspecified atom stereocenters. The quantitative estimate of drug-likeness (QED) is 0.688. The number of hydrogen-bond acceptors (Lipinski definition) is 4. The number of rotatable bonds is 4. The van der Waals surface area contributed by atoms with Crippen molar-refractivity contribution >= 4 is 11.9 Å². The molecule has 1 aromatic heterocycles. The van der Waals surface area contributed by atoms with Crippen LogP contribution in [0.1, 0.15) is 21.5 Å². The van der Waals surface area contributed by atoms with Gasteiger partial charge < -0.3 is 9.84 Å². The second-order valence-electron chi connectivity index (χ2n) is 4.55. The molecule has 0 saturated heterocycles. The third-order valence-electron chi connectivity index (χ3n) is 3.02. The summed E-state index contributed by atoms with van der Waals surface area (Å²) < 4.78 is 42.3. The molecular weight excluding hydrogens is 311 g/mol. The van der Waals surface area contributed by atoms with E-state index in [-0.39, 0.29) is 17.1 Å². The number of allylic oxidation sites excluding steroid dienone is 1. The minimum Gasteiger partial charge on any atom is -0.505 e. The maximum atomic E-state index is 12.5. The zero-order chi connectivity index (χ0) is 17.0. The molecule has 0 aliphatic heterocycles. The molecule has 0 aliphatic carbocycles. The van der Waals surface area contributed by atoms with E-state index in [2.05, 4.69) is 4.98 Å². The molecule has 0 atom stereocenters. The molecule has 0 aliphatic rings. The number of ether oxygens (including phenoxy) is 1. The van der Waals surface area contributed by atoms with E-state index in [1.807, 2.05) is 0 Å². The lowest BCUT2D eigenvalue weighted by Crippen LogP contribution is -2.04. The third kappa shape index (κ3) is 3.88. The van der Waals surface area contributed by atoms with Gasteiger partial charge >= 0.3 is 6.18 Å². The molecule has 23 heavy (non-hydrogen) atoms. The Kier molecular flexibility index (Phi) is 4.68. The van der Waals surface area contributed by atoms with Crippen LogP contribution in [0.2, 0.25) is 0 Å². The van der Waals surface area contributed by atoms with Gasteiger partial charge in [-0.25, -0.2) is 0 Å². The zero-order valence-corrected chi connectivity index (χ0v) is 12.0. The Balaban J connectivity index is 2.22. The Bertz CT molecular complexity index is 737. The summed E-state index contributed by atoms with van der Waals surface area (Å²) in [4.78, 5) is 15.8. The van der Waals surface area contributed by atoms with Gasteiger partial charge in [-0.3, -0.25) is 9.78 Å². The predicted octanol–water partition coefficient (Wildman–Crippen LogP) is 3.71. The van der Waals surface area contributed by atoms with Gasteiger partial charge in [0.2, 0.25) is 0 Å². The Hall–Kier alpha value is -2.83. The van der Waals surface area contributed by atoms with E-state index in [1.54, 1.807) is 0 Å². The topological polar surface area (TPSA) is 59.4 Å². The summed E-state index contributed by atoms with van der Waals surface area (Å²) in [5, 5.41) is 9.69. The van der Waals surface area contributed by atoms with E-state index >= 15 is 0 Å². The fourth-order valence-electron chi connectivity index (χ4n) is 1.87. The van der Waals surface area contributed by atoms with Crippen molar-refractivity contribution in [1.29, 1.82) is 0 Å². The molecule has 4 nitrogen and oxygen atoms in total. The van der Waals surface area contributed by atoms with Crippen LogP contribution >= 0.6 is 0 Å². The summed E-state index contributed by atoms with van der Waals surface area (Å²) in [5.74, 6) is -0.792. The van der Waals surface area contributed by atoms with E-state index in [0.29, 0.717) is 5.56 Å². The average molecular weight is 323 g/mol. The Labute approximate surface area is 129 Å². The maximum Gasteiger partial charge on any atom is 0.416 e. The van der Waals surface area contributed by atoms with Gasteiger partial charge in [-0.15, -0.1) is 0 Å². The average Bonchev–Trinajstić information content (AvgIpc) is 2.51. The number of hydrogen-bond donors (Lipinski definition) is 1. The highest BCUT2D eigenvalue weighted by Gasteiger charge is 2.29. The molecule has 1 aromatic carbocycles. The number of halogens is 3. The van der Waals surface area contributed by atoms with Crippen LogP contribution in [0.15, 0.2) is 42.7 Å². The second-order valence-corrected chi connectivity index (χ2v) is 4.55. The van der Waals surface area contributed by atoms with Crippen LogP contribution in [0.25, 0.3) is 6.08 Å². The molecular formula is C16H12F3NO3. The first-order valence-electron chi connectivity index (χ1n) is 6.43. The van der Waals surface area contributed by atoms with E-state index in [9.17, 15) is 23.1 Å². The molecule has 0 radical (unpaired) electrons. The molecule has 1 heterocycles. The van der Waals surface area contributed by atoms with E-state index in [0.717, 1.165) is 24.4 Å².